The van der Waals surface area contributed by atoms with Gasteiger partial charge in [-0.15, -0.1) is 0 Å². The molecule has 1 aromatic rings. The quantitative estimate of drug-likeness (QED) is 0.634. The number of ether oxygens (including phenoxy) is 1. The molecular formula is C12H10F5NO2. The molecule has 2 rings (SSSR count). The van der Waals surface area contributed by atoms with Crippen LogP contribution < -0.4 is 9.64 Å². The van der Waals surface area contributed by atoms with Gasteiger partial charge in [0.25, 0.3) is 0 Å². The predicted octanol–water partition coefficient (Wildman–Crippen LogP) is 2.90. The molecule has 8 heteroatoms. The molecule has 0 bridgehead atoms. The van der Waals surface area contributed by atoms with Gasteiger partial charge in [0.1, 0.15) is 18.9 Å². The molecule has 1 aliphatic rings. The smallest absolute Gasteiger partial charge is 0.405 e. The van der Waals surface area contributed by atoms with Crippen molar-refractivity contribution in [2.45, 2.75) is 12.6 Å². The Balaban J connectivity index is 2.33. The van der Waals surface area contributed by atoms with Gasteiger partial charge in [-0.1, -0.05) is 0 Å². The van der Waals surface area contributed by atoms with E-state index in [1.165, 1.54) is 6.07 Å². The molecule has 1 aliphatic heterocycles. The van der Waals surface area contributed by atoms with Crippen LogP contribution in [0, 0.1) is 0 Å². The highest BCUT2D eigenvalue weighted by Crippen LogP contribution is 2.34. The largest absolute Gasteiger partial charge is 0.490 e. The SMILES string of the molecule is O=C(c1ccc2c(c1)N(CC(F)(F)F)CCO2)C(F)F. The number of anilines is 1. The Bertz CT molecular complexity index is 515. The lowest BCUT2D eigenvalue weighted by Gasteiger charge is -2.32. The zero-order chi connectivity index (χ0) is 14.9. The first-order chi connectivity index (χ1) is 9.28. The van der Waals surface area contributed by atoms with Crippen molar-refractivity contribution in [1.29, 1.82) is 0 Å². The van der Waals surface area contributed by atoms with E-state index < -0.39 is 24.9 Å². The average Bonchev–Trinajstić information content (AvgIpc) is 2.36. The highest BCUT2D eigenvalue weighted by molar-refractivity contribution is 5.99. The average molecular weight is 295 g/mol. The summed E-state index contributed by atoms with van der Waals surface area (Å²) in [5, 5.41) is 0. The summed E-state index contributed by atoms with van der Waals surface area (Å²) < 4.78 is 67.2. The maximum atomic E-state index is 12.5. The highest BCUT2D eigenvalue weighted by Gasteiger charge is 2.33. The fourth-order valence-corrected chi connectivity index (χ4v) is 1.93. The lowest BCUT2D eigenvalue weighted by atomic mass is 10.1. The van der Waals surface area contributed by atoms with Gasteiger partial charge in [-0.05, 0) is 18.2 Å². The molecule has 0 aliphatic carbocycles. The van der Waals surface area contributed by atoms with Gasteiger partial charge in [0, 0.05) is 5.56 Å². The number of rotatable bonds is 3. The molecule has 0 atom stereocenters. The molecule has 0 N–H and O–H groups in total. The summed E-state index contributed by atoms with van der Waals surface area (Å²) in [7, 11) is 0. The van der Waals surface area contributed by atoms with Gasteiger partial charge in [-0.25, -0.2) is 8.78 Å². The second-order valence-electron chi connectivity index (χ2n) is 4.23. The maximum Gasteiger partial charge on any atom is 0.405 e. The molecule has 0 saturated heterocycles. The molecule has 0 saturated carbocycles. The molecule has 0 spiro atoms. The fourth-order valence-electron chi connectivity index (χ4n) is 1.93. The number of halogens is 5. The van der Waals surface area contributed by atoms with Crippen molar-refractivity contribution in [1.82, 2.24) is 0 Å². The summed E-state index contributed by atoms with van der Waals surface area (Å²) in [6.07, 6.45) is -7.63. The van der Waals surface area contributed by atoms with E-state index in [4.69, 9.17) is 4.74 Å². The maximum absolute atomic E-state index is 12.5. The number of carbonyl (C=O) groups excluding carboxylic acids is 1. The Morgan fingerprint density at radius 2 is 2.05 bits per heavy atom. The van der Waals surface area contributed by atoms with Gasteiger partial charge < -0.3 is 9.64 Å². The third kappa shape index (κ3) is 3.17. The van der Waals surface area contributed by atoms with Crippen LogP contribution >= 0.6 is 0 Å². The van der Waals surface area contributed by atoms with Crippen molar-refractivity contribution >= 4 is 11.5 Å². The van der Waals surface area contributed by atoms with E-state index in [9.17, 15) is 26.7 Å². The molecule has 1 aromatic carbocycles. The lowest BCUT2D eigenvalue weighted by Crippen LogP contribution is -2.39. The third-order valence-corrected chi connectivity index (χ3v) is 2.77. The molecule has 0 aromatic heterocycles. The first-order valence-corrected chi connectivity index (χ1v) is 5.69. The van der Waals surface area contributed by atoms with E-state index in [0.717, 1.165) is 17.0 Å². The van der Waals surface area contributed by atoms with E-state index in [1.54, 1.807) is 0 Å². The third-order valence-electron chi connectivity index (χ3n) is 2.77. The first-order valence-electron chi connectivity index (χ1n) is 5.69. The topological polar surface area (TPSA) is 29.5 Å². The number of Topliss-reactive ketones (excluding diaryl/α,β-unsaturated/α-hetero) is 1. The molecule has 1 heterocycles. The van der Waals surface area contributed by atoms with Crippen molar-refractivity contribution in [3.63, 3.8) is 0 Å². The molecule has 0 unspecified atom stereocenters. The Kier molecular flexibility index (Phi) is 3.82. The zero-order valence-corrected chi connectivity index (χ0v) is 10.1. The van der Waals surface area contributed by atoms with Crippen molar-refractivity contribution < 1.29 is 31.5 Å². The van der Waals surface area contributed by atoms with E-state index in [2.05, 4.69) is 0 Å². The molecule has 0 amide bonds. The van der Waals surface area contributed by atoms with Crippen LogP contribution in [0.15, 0.2) is 18.2 Å². The Morgan fingerprint density at radius 1 is 1.35 bits per heavy atom. The minimum Gasteiger partial charge on any atom is -0.490 e. The van der Waals surface area contributed by atoms with E-state index in [1.807, 2.05) is 0 Å². The molecule has 0 radical (unpaired) electrons. The van der Waals surface area contributed by atoms with Gasteiger partial charge >= 0.3 is 12.6 Å². The van der Waals surface area contributed by atoms with Crippen LogP contribution in [0.4, 0.5) is 27.6 Å². The number of carbonyl (C=O) groups is 1. The van der Waals surface area contributed by atoms with Gasteiger partial charge in [-0.3, -0.25) is 4.79 Å². The number of hydrogen-bond acceptors (Lipinski definition) is 3. The predicted molar refractivity (Wildman–Crippen MR) is 60.5 cm³/mol. The molecule has 20 heavy (non-hydrogen) atoms. The minimum absolute atomic E-state index is 0.0000694. The summed E-state index contributed by atoms with van der Waals surface area (Å²) in [5.41, 5.74) is -0.337. The Hall–Kier alpha value is -1.86. The van der Waals surface area contributed by atoms with Crippen LogP contribution in [0.3, 0.4) is 0 Å². The van der Waals surface area contributed by atoms with Crippen molar-refractivity contribution in [3.8, 4) is 5.75 Å². The van der Waals surface area contributed by atoms with E-state index >= 15 is 0 Å². The van der Waals surface area contributed by atoms with Crippen LogP contribution in [0.1, 0.15) is 10.4 Å². The van der Waals surface area contributed by atoms with Crippen LogP contribution in [0.5, 0.6) is 5.75 Å². The van der Waals surface area contributed by atoms with Crippen molar-refractivity contribution in [2.24, 2.45) is 0 Å². The number of fused-ring (bicyclic) bond motifs is 1. The number of hydrogen-bond donors (Lipinski definition) is 0. The van der Waals surface area contributed by atoms with Crippen LogP contribution in [-0.2, 0) is 0 Å². The molecular weight excluding hydrogens is 285 g/mol. The normalized spacial score (nSPS) is 15.0. The summed E-state index contributed by atoms with van der Waals surface area (Å²) in [6, 6.07) is 3.35. The summed E-state index contributed by atoms with van der Waals surface area (Å²) in [4.78, 5) is 12.1. The van der Waals surface area contributed by atoms with Crippen LogP contribution in [-0.4, -0.2) is 38.1 Å². The van der Waals surface area contributed by atoms with E-state index in [0.29, 0.717) is 0 Å². The van der Waals surface area contributed by atoms with Crippen molar-refractivity contribution in [3.05, 3.63) is 23.8 Å². The van der Waals surface area contributed by atoms with Gasteiger partial charge in [0.2, 0.25) is 5.78 Å². The second-order valence-corrected chi connectivity index (χ2v) is 4.23. The molecule has 110 valence electrons. The monoisotopic (exact) mass is 295 g/mol. The standard InChI is InChI=1S/C12H10F5NO2/c13-11(14)10(19)7-1-2-9-8(5-7)18(3-4-20-9)6-12(15,16)17/h1-2,5,11H,3-4,6H2. The van der Waals surface area contributed by atoms with Gasteiger partial charge in [-0.2, -0.15) is 13.2 Å². The lowest BCUT2D eigenvalue weighted by molar-refractivity contribution is -0.120. The zero-order valence-electron chi connectivity index (χ0n) is 10.1. The fraction of sp³-hybridized carbons (Fsp3) is 0.417. The Labute approximate surface area is 110 Å². The highest BCUT2D eigenvalue weighted by atomic mass is 19.4. The van der Waals surface area contributed by atoms with Gasteiger partial charge in [0.15, 0.2) is 0 Å². The minimum atomic E-state index is -4.43. The Morgan fingerprint density at radius 3 is 2.65 bits per heavy atom. The number of nitrogens with zero attached hydrogens (tertiary/aromatic N) is 1. The molecule has 0 fully saturated rings. The van der Waals surface area contributed by atoms with E-state index in [-0.39, 0.29) is 30.2 Å². The molecule has 3 nitrogen and oxygen atoms in total. The van der Waals surface area contributed by atoms with Crippen LogP contribution in [0.25, 0.3) is 0 Å². The van der Waals surface area contributed by atoms with Crippen molar-refractivity contribution in [2.75, 3.05) is 24.6 Å². The van der Waals surface area contributed by atoms with Crippen LogP contribution in [0.2, 0.25) is 0 Å². The second kappa shape index (κ2) is 5.26. The first kappa shape index (κ1) is 14.5. The number of benzene rings is 1. The number of ketones is 1. The summed E-state index contributed by atoms with van der Waals surface area (Å²) in [5.74, 6) is -1.28. The number of alkyl halides is 5. The van der Waals surface area contributed by atoms with Gasteiger partial charge in [0.05, 0.1) is 12.2 Å². The summed E-state index contributed by atoms with van der Waals surface area (Å²) >= 11 is 0. The summed E-state index contributed by atoms with van der Waals surface area (Å²) in [6.45, 7) is -1.19.